The first-order valence-electron chi connectivity index (χ1n) is 2.91. The summed E-state index contributed by atoms with van der Waals surface area (Å²) >= 11 is 0. The van der Waals surface area contributed by atoms with E-state index < -0.39 is 0 Å². The molecule has 0 amide bonds. The Morgan fingerprint density at radius 2 is 1.75 bits per heavy atom. The fourth-order valence-corrected chi connectivity index (χ4v) is 0.250. The molecule has 0 aliphatic carbocycles. The number of rotatable bonds is 2. The van der Waals surface area contributed by atoms with Crippen LogP contribution in [0.3, 0.4) is 0 Å². The van der Waals surface area contributed by atoms with Crippen molar-refractivity contribution in [2.45, 2.75) is 47.9 Å². The van der Waals surface area contributed by atoms with E-state index in [1.807, 2.05) is 0 Å². The summed E-state index contributed by atoms with van der Waals surface area (Å²) in [5.41, 5.74) is 0. The van der Waals surface area contributed by atoms with Gasteiger partial charge in [-0.2, -0.15) is 0 Å². The van der Waals surface area contributed by atoms with Crippen molar-refractivity contribution in [2.24, 2.45) is 0 Å². The van der Waals surface area contributed by atoms with Crippen molar-refractivity contribution in [3.8, 4) is 0 Å². The largest absolute Gasteiger partial charge is 0.0776 e. The van der Waals surface area contributed by atoms with Gasteiger partial charge < -0.3 is 0 Å². The Bertz CT molecular complexity index is 20.9. The second kappa shape index (κ2) is 25.3. The summed E-state index contributed by atoms with van der Waals surface area (Å²) in [6.45, 7) is 2.75. The Morgan fingerprint density at radius 1 is 1.25 bits per heavy atom. The van der Waals surface area contributed by atoms with Gasteiger partial charge in [0.15, 0.2) is 0 Å². The maximum atomic E-state index is 6.71. The van der Waals surface area contributed by atoms with Crippen molar-refractivity contribution < 1.29 is 22.4 Å². The molecule has 0 radical (unpaired) electrons. The third-order valence-electron chi connectivity index (χ3n) is 0.604. The second-order valence-corrected chi connectivity index (χ2v) is 1.21. The van der Waals surface area contributed by atoms with Crippen LogP contribution in [0.2, 0.25) is 0 Å². The zero-order valence-electron chi connectivity index (χ0n) is 5.24. The molecule has 0 aliphatic rings. The second-order valence-electron chi connectivity index (χ2n) is 1.21. The molecule has 0 saturated carbocycles. The smallest absolute Gasteiger partial charge is 0.0230 e. The SMILES string of the molecule is C.C.[2H]CCCCC.[W]. The van der Waals surface area contributed by atoms with Gasteiger partial charge in [-0.25, -0.2) is 0 Å². The molecule has 0 rings (SSSR count). The monoisotopic (exact) mass is 289 g/mol. The summed E-state index contributed by atoms with van der Waals surface area (Å²) in [4.78, 5) is 0. The molecule has 0 aliphatic heterocycles. The van der Waals surface area contributed by atoms with E-state index in [1.54, 1.807) is 0 Å². The van der Waals surface area contributed by atoms with Gasteiger partial charge in [0.1, 0.15) is 0 Å². The molecule has 0 fully saturated rings. The Hall–Kier alpha value is 0.688. The van der Waals surface area contributed by atoms with Crippen LogP contribution in [-0.2, 0) is 21.1 Å². The molecule has 0 atom stereocenters. The molecule has 0 heterocycles. The van der Waals surface area contributed by atoms with Crippen molar-refractivity contribution in [2.75, 3.05) is 0 Å². The summed E-state index contributed by atoms with van der Waals surface area (Å²) in [5.74, 6) is 0. The van der Waals surface area contributed by atoms with E-state index >= 15 is 0 Å². The molecule has 0 unspecified atom stereocenters. The van der Waals surface area contributed by atoms with Crippen LogP contribution in [0.25, 0.3) is 0 Å². The molecule has 0 spiro atoms. The maximum Gasteiger partial charge on any atom is 0.0230 e. The minimum atomic E-state index is 0. The third kappa shape index (κ3) is 29.9. The normalized spacial score (nSPS) is 6.88. The van der Waals surface area contributed by atoms with Gasteiger partial charge in [0, 0.05) is 22.4 Å². The molecule has 8 heavy (non-hydrogen) atoms. The van der Waals surface area contributed by atoms with Gasteiger partial charge in [-0.05, 0) is 0 Å². The molecule has 0 nitrogen and oxygen atoms in total. The number of hydrogen-bond acceptors (Lipinski definition) is 0. The van der Waals surface area contributed by atoms with Crippen molar-refractivity contribution >= 4 is 0 Å². The van der Waals surface area contributed by atoms with Gasteiger partial charge in [-0.15, -0.1) is 0 Å². The Morgan fingerprint density at radius 3 is 1.88 bits per heavy atom. The van der Waals surface area contributed by atoms with Gasteiger partial charge in [0.05, 0.1) is 0 Å². The molecular weight excluding hydrogens is 268 g/mol. The van der Waals surface area contributed by atoms with E-state index in [1.165, 1.54) is 12.8 Å². The van der Waals surface area contributed by atoms with Crippen LogP contribution < -0.4 is 0 Å². The van der Waals surface area contributed by atoms with E-state index in [4.69, 9.17) is 1.37 Å². The van der Waals surface area contributed by atoms with Crippen LogP contribution in [-0.4, -0.2) is 0 Å². The van der Waals surface area contributed by atoms with Crippen LogP contribution in [0.4, 0.5) is 0 Å². The number of unbranched alkanes of at least 4 members (excludes halogenated alkanes) is 2. The van der Waals surface area contributed by atoms with Crippen LogP contribution in [0.5, 0.6) is 0 Å². The van der Waals surface area contributed by atoms with Gasteiger partial charge >= 0.3 is 0 Å². The first-order chi connectivity index (χ1) is 2.91. The Kier molecular flexibility index (Phi) is 50.2. The minimum Gasteiger partial charge on any atom is -0.0776 e. The topological polar surface area (TPSA) is 0 Å². The summed E-state index contributed by atoms with van der Waals surface area (Å²) in [6, 6.07) is 0. The summed E-state index contributed by atoms with van der Waals surface area (Å²) in [7, 11) is 0. The van der Waals surface area contributed by atoms with Gasteiger partial charge in [-0.1, -0.05) is 47.9 Å². The van der Waals surface area contributed by atoms with Crippen molar-refractivity contribution in [1.29, 1.82) is 0 Å². The van der Waals surface area contributed by atoms with Crippen molar-refractivity contribution in [3.05, 3.63) is 0 Å². The molecular formula is C7H20W. The van der Waals surface area contributed by atoms with Crippen molar-refractivity contribution in [1.82, 2.24) is 0 Å². The van der Waals surface area contributed by atoms with E-state index in [2.05, 4.69) is 6.92 Å². The predicted octanol–water partition coefficient (Wildman–Crippen LogP) is 3.47. The zero-order valence-corrected chi connectivity index (χ0v) is 7.17. The average molecular weight is 289 g/mol. The minimum absolute atomic E-state index is 0. The first kappa shape index (κ1) is 15.9. The molecule has 0 bridgehead atoms. The molecule has 1 heteroatoms. The molecule has 0 saturated heterocycles. The Balaban J connectivity index is -0.0000000417. The summed E-state index contributed by atoms with van der Waals surface area (Å²) < 4.78 is 6.71. The third-order valence-corrected chi connectivity index (χ3v) is 0.604. The summed E-state index contributed by atoms with van der Waals surface area (Å²) in [5, 5.41) is 0. The van der Waals surface area contributed by atoms with Crippen LogP contribution in [0, 0.1) is 0 Å². The van der Waals surface area contributed by atoms with E-state index in [0.29, 0.717) is 6.90 Å². The fraction of sp³-hybridized carbons (Fsp3) is 1.00. The molecule has 54 valence electrons. The molecule has 0 aromatic rings. The molecule has 0 aromatic carbocycles. The van der Waals surface area contributed by atoms with E-state index in [9.17, 15) is 0 Å². The van der Waals surface area contributed by atoms with E-state index in [0.717, 1.165) is 6.42 Å². The first-order valence-corrected chi connectivity index (χ1v) is 2.21. The van der Waals surface area contributed by atoms with Gasteiger partial charge in [-0.3, -0.25) is 0 Å². The van der Waals surface area contributed by atoms with Gasteiger partial charge in [0.25, 0.3) is 0 Å². The van der Waals surface area contributed by atoms with Crippen LogP contribution >= 0.6 is 0 Å². The fourth-order valence-electron chi connectivity index (χ4n) is 0.250. The van der Waals surface area contributed by atoms with Gasteiger partial charge in [0.2, 0.25) is 0 Å². The quantitative estimate of drug-likeness (QED) is 0.683. The predicted molar refractivity (Wildman–Crippen MR) is 38.7 cm³/mol. The Labute approximate surface area is 70.7 Å². The number of hydrogen-bond donors (Lipinski definition) is 0. The summed E-state index contributed by atoms with van der Waals surface area (Å²) in [6.07, 6.45) is 3.54. The standard InChI is InChI=1S/C5H12.2CH4.W/c1-3-5-4-2;;;/h3-5H2,1-2H3;2*1H4;/i1D;;;. The maximum absolute atomic E-state index is 6.71. The van der Waals surface area contributed by atoms with Crippen molar-refractivity contribution in [3.63, 3.8) is 0 Å². The zero-order chi connectivity index (χ0) is 4.83. The molecule has 0 aromatic heterocycles. The average Bonchev–Trinajstić information content (AvgIpc) is 1.61. The van der Waals surface area contributed by atoms with Crippen LogP contribution in [0.1, 0.15) is 49.3 Å². The van der Waals surface area contributed by atoms with Crippen LogP contribution in [0.15, 0.2) is 0 Å². The van der Waals surface area contributed by atoms with E-state index in [-0.39, 0.29) is 35.9 Å². The molecule has 0 N–H and O–H groups in total.